The lowest BCUT2D eigenvalue weighted by Crippen LogP contribution is -2.48. The van der Waals surface area contributed by atoms with Gasteiger partial charge in [0.15, 0.2) is 0 Å². The van der Waals surface area contributed by atoms with E-state index in [4.69, 9.17) is 4.74 Å². The Bertz CT molecular complexity index is 1160. The summed E-state index contributed by atoms with van der Waals surface area (Å²) in [5.74, 6) is -0.603. The van der Waals surface area contributed by atoms with Gasteiger partial charge in [-0.25, -0.2) is 14.4 Å². The van der Waals surface area contributed by atoms with Gasteiger partial charge in [-0.2, -0.15) is 13.2 Å². The van der Waals surface area contributed by atoms with Crippen LogP contribution >= 0.6 is 0 Å². The van der Waals surface area contributed by atoms with Crippen molar-refractivity contribution in [3.05, 3.63) is 70.9 Å². The number of rotatable bonds is 6. The number of hydrogen-bond acceptors (Lipinski definition) is 4. The summed E-state index contributed by atoms with van der Waals surface area (Å²) >= 11 is 0. The van der Waals surface area contributed by atoms with Gasteiger partial charge in [0, 0.05) is 23.6 Å². The van der Waals surface area contributed by atoms with Crippen molar-refractivity contribution in [2.75, 3.05) is 24.3 Å². The van der Waals surface area contributed by atoms with Crippen LogP contribution in [0.2, 0.25) is 0 Å². The lowest BCUT2D eigenvalue weighted by molar-refractivity contribution is -0.138. The third-order valence-electron chi connectivity index (χ3n) is 5.37. The Labute approximate surface area is 200 Å². The molecule has 1 aliphatic rings. The van der Waals surface area contributed by atoms with Gasteiger partial charge < -0.3 is 20.7 Å². The summed E-state index contributed by atoms with van der Waals surface area (Å²) in [5.41, 5.74) is 0.611. The molecule has 0 saturated carbocycles. The Morgan fingerprint density at radius 3 is 2.31 bits per heavy atom. The molecule has 11 heteroatoms. The van der Waals surface area contributed by atoms with Crippen LogP contribution in [0.3, 0.4) is 0 Å². The number of alkyl halides is 3. The molecule has 0 spiro atoms. The fraction of sp³-hybridized carbons (Fsp3) is 0.292. The number of hydrogen-bond donors (Lipinski definition) is 3. The Balaban J connectivity index is 1.83. The van der Waals surface area contributed by atoms with Crippen LogP contribution in [0.5, 0.6) is 0 Å². The number of amides is 4. The zero-order valence-electron chi connectivity index (χ0n) is 19.3. The second-order valence-corrected chi connectivity index (χ2v) is 7.81. The minimum atomic E-state index is -4.54. The van der Waals surface area contributed by atoms with E-state index in [1.807, 2.05) is 6.92 Å². The molecular weight excluding hydrogens is 465 g/mol. The molecule has 0 aromatic heterocycles. The molecule has 35 heavy (non-hydrogen) atoms. The first kappa shape index (κ1) is 25.6. The first-order valence-electron chi connectivity index (χ1n) is 10.8. The highest BCUT2D eigenvalue weighted by Gasteiger charge is 2.36. The van der Waals surface area contributed by atoms with Gasteiger partial charge in [-0.05, 0) is 49.2 Å². The number of halogens is 3. The predicted molar refractivity (Wildman–Crippen MR) is 124 cm³/mol. The fourth-order valence-corrected chi connectivity index (χ4v) is 3.76. The van der Waals surface area contributed by atoms with E-state index in [0.717, 1.165) is 12.1 Å². The standard InChI is InChI=1S/C24H25F3N4O4/c1-4-11-31-14(2)19(21(32)35-3)20(30-23(31)34)15-7-5-9-17(12-15)28-22(33)29-18-10-6-8-16(13-18)24(25,26)27/h5-10,12-13,20H,4,11H2,1-3H3,(H,30,34)(H2,28,29,33). The van der Waals surface area contributed by atoms with Gasteiger partial charge in [0.1, 0.15) is 0 Å². The summed E-state index contributed by atoms with van der Waals surface area (Å²) in [4.78, 5) is 39.1. The third-order valence-corrected chi connectivity index (χ3v) is 5.37. The molecule has 3 N–H and O–H groups in total. The van der Waals surface area contributed by atoms with E-state index in [1.54, 1.807) is 31.2 Å². The Morgan fingerprint density at radius 2 is 1.71 bits per heavy atom. The van der Waals surface area contributed by atoms with Gasteiger partial charge >= 0.3 is 24.2 Å². The van der Waals surface area contributed by atoms with Crippen molar-refractivity contribution in [1.82, 2.24) is 10.2 Å². The van der Waals surface area contributed by atoms with Gasteiger partial charge in [-0.3, -0.25) is 4.90 Å². The topological polar surface area (TPSA) is 99.8 Å². The maximum absolute atomic E-state index is 12.9. The average molecular weight is 490 g/mol. The molecule has 0 saturated heterocycles. The number of allylic oxidation sites excluding steroid dienone is 1. The number of anilines is 2. The number of methoxy groups -OCH3 is 1. The molecule has 186 valence electrons. The van der Waals surface area contributed by atoms with Crippen molar-refractivity contribution in [2.45, 2.75) is 32.5 Å². The van der Waals surface area contributed by atoms with Crippen LogP contribution in [0.1, 0.15) is 37.4 Å². The SMILES string of the molecule is CCCN1C(=O)NC(c2cccc(NC(=O)Nc3cccc(C(F)(F)F)c3)c2)C(C(=O)OC)=C1C. The number of nitrogens with zero attached hydrogens (tertiary/aromatic N) is 1. The van der Waals surface area contributed by atoms with Crippen LogP contribution in [-0.2, 0) is 15.7 Å². The van der Waals surface area contributed by atoms with E-state index < -0.39 is 29.8 Å². The maximum Gasteiger partial charge on any atom is 0.416 e. The van der Waals surface area contributed by atoms with E-state index in [2.05, 4.69) is 16.0 Å². The second-order valence-electron chi connectivity index (χ2n) is 7.81. The number of esters is 1. The molecule has 2 aromatic rings. The average Bonchev–Trinajstić information content (AvgIpc) is 2.80. The summed E-state index contributed by atoms with van der Waals surface area (Å²) in [6, 6.07) is 8.71. The molecule has 3 rings (SSSR count). The predicted octanol–water partition coefficient (Wildman–Crippen LogP) is 5.27. The Kier molecular flexibility index (Phi) is 7.68. The fourth-order valence-electron chi connectivity index (χ4n) is 3.76. The van der Waals surface area contributed by atoms with Crippen LogP contribution in [0, 0.1) is 0 Å². The Hall–Kier alpha value is -4.02. The summed E-state index contributed by atoms with van der Waals surface area (Å²) in [6.45, 7) is 3.99. The lowest BCUT2D eigenvalue weighted by atomic mass is 9.94. The molecule has 1 unspecified atom stereocenters. The van der Waals surface area contributed by atoms with Crippen LogP contribution in [0.25, 0.3) is 0 Å². The highest BCUT2D eigenvalue weighted by atomic mass is 19.4. The van der Waals surface area contributed by atoms with E-state index in [-0.39, 0.29) is 17.3 Å². The van der Waals surface area contributed by atoms with Crippen LogP contribution in [0.4, 0.5) is 34.1 Å². The third kappa shape index (κ3) is 5.92. The summed E-state index contributed by atoms with van der Waals surface area (Å²) < 4.78 is 43.7. The molecule has 1 aliphatic heterocycles. The molecule has 0 radical (unpaired) electrons. The first-order chi connectivity index (χ1) is 16.5. The molecule has 4 amide bonds. The molecule has 8 nitrogen and oxygen atoms in total. The van der Waals surface area contributed by atoms with Crippen LogP contribution < -0.4 is 16.0 Å². The van der Waals surface area contributed by atoms with Crippen molar-refractivity contribution in [3.8, 4) is 0 Å². The zero-order valence-corrected chi connectivity index (χ0v) is 19.3. The van der Waals surface area contributed by atoms with E-state index in [9.17, 15) is 27.6 Å². The molecule has 1 heterocycles. The van der Waals surface area contributed by atoms with Gasteiger partial charge in [-0.1, -0.05) is 25.1 Å². The summed E-state index contributed by atoms with van der Waals surface area (Å²) in [7, 11) is 1.25. The lowest BCUT2D eigenvalue weighted by Gasteiger charge is -2.35. The Morgan fingerprint density at radius 1 is 1.09 bits per heavy atom. The van der Waals surface area contributed by atoms with Crippen molar-refractivity contribution in [2.24, 2.45) is 0 Å². The minimum absolute atomic E-state index is 0.0319. The van der Waals surface area contributed by atoms with E-state index >= 15 is 0 Å². The van der Waals surface area contributed by atoms with Crippen molar-refractivity contribution < 1.29 is 32.3 Å². The van der Waals surface area contributed by atoms with Crippen molar-refractivity contribution in [3.63, 3.8) is 0 Å². The number of nitrogens with one attached hydrogen (secondary N) is 3. The van der Waals surface area contributed by atoms with E-state index in [0.29, 0.717) is 29.9 Å². The smallest absolute Gasteiger partial charge is 0.416 e. The molecule has 2 aromatic carbocycles. The molecule has 0 bridgehead atoms. The minimum Gasteiger partial charge on any atom is -0.466 e. The highest BCUT2D eigenvalue weighted by molar-refractivity contribution is 6.00. The zero-order chi connectivity index (χ0) is 25.8. The summed E-state index contributed by atoms with van der Waals surface area (Å²) in [6.07, 6.45) is -3.85. The number of benzene rings is 2. The molecule has 1 atom stereocenters. The van der Waals surface area contributed by atoms with Crippen molar-refractivity contribution >= 4 is 29.4 Å². The highest BCUT2D eigenvalue weighted by Crippen LogP contribution is 2.33. The number of carbonyl (C=O) groups is 3. The van der Waals surface area contributed by atoms with Gasteiger partial charge in [0.05, 0.1) is 24.3 Å². The quantitative estimate of drug-likeness (QED) is 0.480. The van der Waals surface area contributed by atoms with Gasteiger partial charge in [0.2, 0.25) is 0 Å². The second kappa shape index (κ2) is 10.5. The largest absolute Gasteiger partial charge is 0.466 e. The summed E-state index contributed by atoms with van der Waals surface area (Å²) in [5, 5.41) is 7.71. The molecule has 0 fully saturated rings. The van der Waals surface area contributed by atoms with Crippen LogP contribution in [0.15, 0.2) is 59.8 Å². The number of urea groups is 2. The molecule has 0 aliphatic carbocycles. The maximum atomic E-state index is 12.9. The number of carbonyl (C=O) groups excluding carboxylic acids is 3. The normalized spacial score (nSPS) is 16.0. The van der Waals surface area contributed by atoms with Gasteiger partial charge in [0.25, 0.3) is 0 Å². The van der Waals surface area contributed by atoms with E-state index in [1.165, 1.54) is 24.1 Å². The van der Waals surface area contributed by atoms with Crippen molar-refractivity contribution in [1.29, 1.82) is 0 Å². The molecular formula is C24H25F3N4O4. The monoisotopic (exact) mass is 490 g/mol. The van der Waals surface area contributed by atoms with Gasteiger partial charge in [-0.15, -0.1) is 0 Å². The first-order valence-corrected chi connectivity index (χ1v) is 10.8. The van der Waals surface area contributed by atoms with Crippen LogP contribution in [-0.4, -0.2) is 36.6 Å². The number of ether oxygens (including phenoxy) is 1.